The molecule has 62 valence electrons. The molecule has 0 saturated heterocycles. The first-order valence-electron chi connectivity index (χ1n) is 3.79. The number of pyridine rings is 1. The zero-order valence-corrected chi connectivity index (χ0v) is 6.69. The van der Waals surface area contributed by atoms with Crippen molar-refractivity contribution in [3.05, 3.63) is 30.2 Å². The number of furan rings is 1. The first kappa shape index (κ1) is 7.31. The van der Waals surface area contributed by atoms with Crippen molar-refractivity contribution in [1.82, 2.24) is 4.98 Å². The zero-order chi connectivity index (χ0) is 8.55. The van der Waals surface area contributed by atoms with Gasteiger partial charge in [-0.1, -0.05) is 0 Å². The quantitative estimate of drug-likeness (QED) is 0.698. The summed E-state index contributed by atoms with van der Waals surface area (Å²) in [6, 6.07) is 3.60. The summed E-state index contributed by atoms with van der Waals surface area (Å²) in [4.78, 5) is 4.01. The van der Waals surface area contributed by atoms with Crippen LogP contribution >= 0.6 is 0 Å². The Morgan fingerprint density at radius 3 is 3.08 bits per heavy atom. The van der Waals surface area contributed by atoms with Crippen LogP contribution in [0, 0.1) is 0 Å². The molecular weight excluding hydrogens is 154 g/mol. The Labute approximate surface area is 69.7 Å². The summed E-state index contributed by atoms with van der Waals surface area (Å²) in [7, 11) is 0. The van der Waals surface area contributed by atoms with Crippen LogP contribution in [0.4, 0.5) is 0 Å². The Morgan fingerprint density at radius 2 is 2.33 bits per heavy atom. The smallest absolute Gasteiger partial charge is 0.226 e. The lowest BCUT2D eigenvalue weighted by Crippen LogP contribution is -1.91. The molecule has 3 heteroatoms. The molecule has 1 unspecified atom stereocenters. The third-order valence-corrected chi connectivity index (χ3v) is 1.85. The number of nitrogens with zero attached hydrogens (tertiary/aromatic N) is 1. The highest BCUT2D eigenvalue weighted by molar-refractivity contribution is 5.77. The molecule has 1 N–H and O–H groups in total. The molecule has 3 nitrogen and oxygen atoms in total. The van der Waals surface area contributed by atoms with Crippen LogP contribution < -0.4 is 0 Å². The molecule has 2 aromatic heterocycles. The van der Waals surface area contributed by atoms with Crippen LogP contribution in [0.2, 0.25) is 0 Å². The molecule has 0 radical (unpaired) electrons. The van der Waals surface area contributed by atoms with Gasteiger partial charge in [-0.3, -0.25) is 0 Å². The first-order chi connectivity index (χ1) is 5.79. The number of aromatic nitrogens is 1. The van der Waals surface area contributed by atoms with Gasteiger partial charge in [0.1, 0.15) is 0 Å². The fourth-order valence-corrected chi connectivity index (χ4v) is 1.26. The van der Waals surface area contributed by atoms with E-state index in [0.717, 1.165) is 10.9 Å². The van der Waals surface area contributed by atoms with Crippen molar-refractivity contribution in [1.29, 1.82) is 0 Å². The number of hydrogen-bond acceptors (Lipinski definition) is 3. The van der Waals surface area contributed by atoms with E-state index in [0.29, 0.717) is 5.71 Å². The topological polar surface area (TPSA) is 46.3 Å². The fraction of sp³-hybridized carbons (Fsp3) is 0.222. The molecule has 2 rings (SSSR count). The van der Waals surface area contributed by atoms with E-state index in [4.69, 9.17) is 4.42 Å². The van der Waals surface area contributed by atoms with Gasteiger partial charge in [0.15, 0.2) is 0 Å². The van der Waals surface area contributed by atoms with Gasteiger partial charge in [0, 0.05) is 11.6 Å². The van der Waals surface area contributed by atoms with Crippen molar-refractivity contribution in [2.75, 3.05) is 0 Å². The highest BCUT2D eigenvalue weighted by Crippen LogP contribution is 2.22. The standard InChI is InChI=1S/C9H9NO2/c1-6(11)7-2-4-10-9-8(7)3-5-12-9/h2-6,11H,1H3. The van der Waals surface area contributed by atoms with Crippen LogP contribution in [-0.2, 0) is 0 Å². The second kappa shape index (κ2) is 2.60. The summed E-state index contributed by atoms with van der Waals surface area (Å²) < 4.78 is 5.09. The molecule has 1 atom stereocenters. The van der Waals surface area contributed by atoms with Crippen LogP contribution in [0.25, 0.3) is 11.1 Å². The minimum atomic E-state index is -0.479. The van der Waals surface area contributed by atoms with Gasteiger partial charge in [-0.05, 0) is 24.6 Å². The molecule has 2 aromatic rings. The predicted octanol–water partition coefficient (Wildman–Crippen LogP) is 1.88. The molecule has 0 aliphatic heterocycles. The first-order valence-corrected chi connectivity index (χ1v) is 3.79. The Kier molecular flexibility index (Phi) is 1.59. The maximum Gasteiger partial charge on any atom is 0.226 e. The maximum atomic E-state index is 9.37. The average molecular weight is 163 g/mol. The predicted molar refractivity (Wildman–Crippen MR) is 44.6 cm³/mol. The highest BCUT2D eigenvalue weighted by Gasteiger charge is 2.07. The number of rotatable bonds is 1. The van der Waals surface area contributed by atoms with Gasteiger partial charge in [-0.15, -0.1) is 0 Å². The van der Waals surface area contributed by atoms with Crippen LogP contribution in [0.3, 0.4) is 0 Å². The molecule has 0 aliphatic rings. The van der Waals surface area contributed by atoms with E-state index in [2.05, 4.69) is 4.98 Å². The van der Waals surface area contributed by atoms with E-state index in [9.17, 15) is 5.11 Å². The van der Waals surface area contributed by atoms with Crippen molar-refractivity contribution in [2.45, 2.75) is 13.0 Å². The number of fused-ring (bicyclic) bond motifs is 1. The van der Waals surface area contributed by atoms with E-state index >= 15 is 0 Å². The molecular formula is C9H9NO2. The van der Waals surface area contributed by atoms with E-state index in [-0.39, 0.29) is 0 Å². The maximum absolute atomic E-state index is 9.37. The lowest BCUT2D eigenvalue weighted by molar-refractivity contribution is 0.201. The van der Waals surface area contributed by atoms with E-state index in [1.165, 1.54) is 0 Å². The largest absolute Gasteiger partial charge is 0.446 e. The van der Waals surface area contributed by atoms with Gasteiger partial charge in [0.05, 0.1) is 12.4 Å². The van der Waals surface area contributed by atoms with Crippen LogP contribution in [0.1, 0.15) is 18.6 Å². The van der Waals surface area contributed by atoms with Gasteiger partial charge in [-0.25, -0.2) is 4.98 Å². The molecule has 12 heavy (non-hydrogen) atoms. The van der Waals surface area contributed by atoms with Gasteiger partial charge >= 0.3 is 0 Å². The minimum Gasteiger partial charge on any atom is -0.446 e. The van der Waals surface area contributed by atoms with Crippen molar-refractivity contribution in [2.24, 2.45) is 0 Å². The molecule has 0 bridgehead atoms. The lowest BCUT2D eigenvalue weighted by atomic mass is 10.1. The Hall–Kier alpha value is -1.35. The summed E-state index contributed by atoms with van der Waals surface area (Å²) in [6.07, 6.45) is 2.73. The second-order valence-electron chi connectivity index (χ2n) is 2.72. The third-order valence-electron chi connectivity index (χ3n) is 1.85. The molecule has 0 amide bonds. The van der Waals surface area contributed by atoms with Crippen molar-refractivity contribution < 1.29 is 9.52 Å². The summed E-state index contributed by atoms with van der Waals surface area (Å²) in [5, 5.41) is 10.3. The summed E-state index contributed by atoms with van der Waals surface area (Å²) in [5.41, 5.74) is 1.43. The van der Waals surface area contributed by atoms with Crippen LogP contribution in [0.5, 0.6) is 0 Å². The molecule has 0 aromatic carbocycles. The van der Waals surface area contributed by atoms with E-state index < -0.39 is 6.10 Å². The molecule has 0 saturated carbocycles. The van der Waals surface area contributed by atoms with Crippen molar-refractivity contribution in [3.8, 4) is 0 Å². The molecule has 0 spiro atoms. The SMILES string of the molecule is CC(O)c1ccnc2occc12. The zero-order valence-electron chi connectivity index (χ0n) is 6.69. The van der Waals surface area contributed by atoms with Gasteiger partial charge in [0.25, 0.3) is 0 Å². The molecule has 0 fully saturated rings. The molecule has 2 heterocycles. The van der Waals surface area contributed by atoms with Crippen LogP contribution in [-0.4, -0.2) is 10.1 Å². The monoisotopic (exact) mass is 163 g/mol. The Morgan fingerprint density at radius 1 is 1.50 bits per heavy atom. The van der Waals surface area contributed by atoms with Gasteiger partial charge < -0.3 is 9.52 Å². The van der Waals surface area contributed by atoms with Crippen molar-refractivity contribution in [3.63, 3.8) is 0 Å². The summed E-state index contributed by atoms with van der Waals surface area (Å²) >= 11 is 0. The lowest BCUT2D eigenvalue weighted by Gasteiger charge is -2.03. The number of aliphatic hydroxyl groups excluding tert-OH is 1. The number of aliphatic hydroxyl groups is 1. The second-order valence-corrected chi connectivity index (χ2v) is 2.72. The van der Waals surface area contributed by atoms with Crippen molar-refractivity contribution >= 4 is 11.1 Å². The Balaban J connectivity index is 2.73. The third kappa shape index (κ3) is 0.987. The normalized spacial score (nSPS) is 13.5. The Bertz CT molecular complexity index is 392. The summed E-state index contributed by atoms with van der Waals surface area (Å²) in [5.74, 6) is 0. The van der Waals surface area contributed by atoms with Crippen LogP contribution in [0.15, 0.2) is 29.0 Å². The minimum absolute atomic E-state index is 0.479. The van der Waals surface area contributed by atoms with E-state index in [1.54, 1.807) is 25.5 Å². The van der Waals surface area contributed by atoms with E-state index in [1.807, 2.05) is 6.07 Å². The molecule has 0 aliphatic carbocycles. The highest BCUT2D eigenvalue weighted by atomic mass is 16.3. The number of hydrogen-bond donors (Lipinski definition) is 1. The summed E-state index contributed by atoms with van der Waals surface area (Å²) in [6.45, 7) is 1.72. The fourth-order valence-electron chi connectivity index (χ4n) is 1.26. The average Bonchev–Trinajstić information content (AvgIpc) is 2.49. The van der Waals surface area contributed by atoms with Gasteiger partial charge in [-0.2, -0.15) is 0 Å². The van der Waals surface area contributed by atoms with Gasteiger partial charge in [0.2, 0.25) is 5.71 Å².